The molecule has 37 heavy (non-hydrogen) atoms. The molecule has 0 spiro atoms. The van der Waals surface area contributed by atoms with E-state index in [-0.39, 0.29) is 6.10 Å². The van der Waals surface area contributed by atoms with E-state index in [0.29, 0.717) is 48.9 Å². The SMILES string of the molecule is N#Cc1cc(-c2ccnc(Nc3ccc(N4CCOCC4)cc3)n2)ccc1OC1CCN(S(=O)O)CC1. The van der Waals surface area contributed by atoms with Crippen LogP contribution in [0, 0.1) is 11.3 Å². The number of morpholine rings is 1. The summed E-state index contributed by atoms with van der Waals surface area (Å²) in [6.07, 6.45) is 2.81. The van der Waals surface area contributed by atoms with Gasteiger partial charge >= 0.3 is 0 Å². The molecule has 3 heterocycles. The normalized spacial score (nSPS) is 17.7. The second-order valence-corrected chi connectivity index (χ2v) is 9.81. The molecule has 2 aliphatic heterocycles. The van der Waals surface area contributed by atoms with E-state index in [1.165, 1.54) is 4.31 Å². The first-order valence-electron chi connectivity index (χ1n) is 12.2. The lowest BCUT2D eigenvalue weighted by Gasteiger charge is -2.29. The number of anilines is 3. The molecule has 2 N–H and O–H groups in total. The summed E-state index contributed by atoms with van der Waals surface area (Å²) in [5, 5.41) is 13.0. The third-order valence-corrected chi connectivity index (χ3v) is 7.27. The highest BCUT2D eigenvalue weighted by Gasteiger charge is 2.24. The average molecular weight is 521 g/mol. The molecule has 2 saturated heterocycles. The number of piperidine rings is 1. The van der Waals surface area contributed by atoms with E-state index in [1.807, 2.05) is 18.2 Å². The molecule has 0 bridgehead atoms. The molecule has 1 atom stereocenters. The van der Waals surface area contributed by atoms with Crippen molar-refractivity contribution in [2.24, 2.45) is 0 Å². The molecule has 2 aliphatic rings. The van der Waals surface area contributed by atoms with Gasteiger partial charge in [-0.3, -0.25) is 4.55 Å². The number of ether oxygens (including phenoxy) is 2. The van der Waals surface area contributed by atoms with Crippen LogP contribution in [0.5, 0.6) is 5.75 Å². The Bertz CT molecular complexity index is 1280. The summed E-state index contributed by atoms with van der Waals surface area (Å²) in [4.78, 5) is 11.3. The van der Waals surface area contributed by atoms with Crippen LogP contribution < -0.4 is 15.0 Å². The molecule has 2 aromatic carbocycles. The van der Waals surface area contributed by atoms with Gasteiger partial charge in [0.1, 0.15) is 17.9 Å². The van der Waals surface area contributed by atoms with Gasteiger partial charge in [0.15, 0.2) is 0 Å². The Labute approximate surface area is 218 Å². The van der Waals surface area contributed by atoms with E-state index in [1.54, 1.807) is 24.4 Å². The number of aromatic nitrogens is 2. The zero-order valence-corrected chi connectivity index (χ0v) is 21.1. The van der Waals surface area contributed by atoms with E-state index < -0.39 is 11.3 Å². The van der Waals surface area contributed by atoms with Gasteiger partial charge in [0.05, 0.1) is 24.5 Å². The second kappa shape index (κ2) is 11.7. The Morgan fingerprint density at radius 1 is 1.08 bits per heavy atom. The molecule has 1 aromatic heterocycles. The summed E-state index contributed by atoms with van der Waals surface area (Å²) in [7, 11) is 0. The predicted octanol–water partition coefficient (Wildman–Crippen LogP) is 3.58. The van der Waals surface area contributed by atoms with E-state index in [4.69, 9.17) is 9.47 Å². The molecule has 0 aliphatic carbocycles. The largest absolute Gasteiger partial charge is 0.489 e. The fourth-order valence-electron chi connectivity index (χ4n) is 4.45. The summed E-state index contributed by atoms with van der Waals surface area (Å²) in [5.74, 6) is 0.964. The van der Waals surface area contributed by atoms with Crippen LogP contribution in [0.3, 0.4) is 0 Å². The Kier molecular flexibility index (Phi) is 7.91. The van der Waals surface area contributed by atoms with Gasteiger partial charge < -0.3 is 19.7 Å². The van der Waals surface area contributed by atoms with Crippen LogP contribution >= 0.6 is 0 Å². The van der Waals surface area contributed by atoms with Gasteiger partial charge in [0.25, 0.3) is 0 Å². The van der Waals surface area contributed by atoms with Gasteiger partial charge in [-0.15, -0.1) is 0 Å². The van der Waals surface area contributed by atoms with Crippen molar-refractivity contribution in [1.82, 2.24) is 14.3 Å². The molecule has 0 radical (unpaired) electrons. The molecule has 10 nitrogen and oxygen atoms in total. The first-order chi connectivity index (χ1) is 18.1. The minimum absolute atomic E-state index is 0.109. The van der Waals surface area contributed by atoms with Crippen molar-refractivity contribution < 1.29 is 18.2 Å². The molecular weight excluding hydrogens is 492 g/mol. The minimum Gasteiger partial charge on any atom is -0.489 e. The van der Waals surface area contributed by atoms with Gasteiger partial charge in [-0.05, 0) is 61.4 Å². The Hall–Kier alpha value is -3.56. The topological polar surface area (TPSA) is 124 Å². The third kappa shape index (κ3) is 6.23. The van der Waals surface area contributed by atoms with Crippen molar-refractivity contribution in [1.29, 1.82) is 5.26 Å². The monoisotopic (exact) mass is 520 g/mol. The van der Waals surface area contributed by atoms with Crippen molar-refractivity contribution >= 4 is 28.6 Å². The first kappa shape index (κ1) is 25.1. The maximum atomic E-state index is 11.2. The van der Waals surface area contributed by atoms with Crippen LogP contribution in [0.2, 0.25) is 0 Å². The predicted molar refractivity (Wildman–Crippen MR) is 141 cm³/mol. The number of nitriles is 1. The smallest absolute Gasteiger partial charge is 0.234 e. The molecule has 0 amide bonds. The summed E-state index contributed by atoms with van der Waals surface area (Å²) in [6, 6.07) is 17.6. The lowest BCUT2D eigenvalue weighted by atomic mass is 10.1. The van der Waals surface area contributed by atoms with Crippen LogP contribution in [0.25, 0.3) is 11.3 Å². The maximum absolute atomic E-state index is 11.2. The fourth-order valence-corrected chi connectivity index (χ4v) is 4.97. The fraction of sp³-hybridized carbons (Fsp3) is 0.346. The van der Waals surface area contributed by atoms with Crippen molar-refractivity contribution in [2.45, 2.75) is 18.9 Å². The van der Waals surface area contributed by atoms with Gasteiger partial charge in [-0.1, -0.05) is 0 Å². The highest BCUT2D eigenvalue weighted by Crippen LogP contribution is 2.29. The molecule has 11 heteroatoms. The summed E-state index contributed by atoms with van der Waals surface area (Å²) < 4.78 is 33.4. The number of nitrogens with one attached hydrogen (secondary N) is 1. The molecule has 2 fully saturated rings. The number of hydrogen-bond donors (Lipinski definition) is 2. The zero-order chi connectivity index (χ0) is 25.6. The van der Waals surface area contributed by atoms with Crippen molar-refractivity contribution in [3.63, 3.8) is 0 Å². The number of benzene rings is 2. The van der Waals surface area contributed by atoms with E-state index in [2.05, 4.69) is 38.4 Å². The van der Waals surface area contributed by atoms with Gasteiger partial charge in [0.2, 0.25) is 17.2 Å². The molecule has 5 rings (SSSR count). The lowest BCUT2D eigenvalue weighted by Crippen LogP contribution is -2.39. The van der Waals surface area contributed by atoms with Gasteiger partial charge in [0, 0.05) is 49.3 Å². The molecule has 3 aromatic rings. The quantitative estimate of drug-likeness (QED) is 0.450. The van der Waals surface area contributed by atoms with Crippen molar-refractivity contribution in [3.05, 3.63) is 60.3 Å². The van der Waals surface area contributed by atoms with Crippen LogP contribution in [0.1, 0.15) is 18.4 Å². The lowest BCUT2D eigenvalue weighted by molar-refractivity contribution is 0.122. The standard InChI is InChI=1S/C26H28N6O4S/c27-18-20-17-19(1-6-25(20)36-23-8-11-32(12-9-23)37(33)34)24-7-10-28-26(30-24)29-21-2-4-22(5-3-21)31-13-15-35-16-14-31/h1-7,10,17,23H,8-9,11-16H2,(H,33,34)(H,28,29,30). The van der Waals surface area contributed by atoms with Crippen molar-refractivity contribution in [3.8, 4) is 23.1 Å². The minimum atomic E-state index is -1.96. The molecule has 192 valence electrons. The van der Waals surface area contributed by atoms with Gasteiger partial charge in [-0.25, -0.2) is 18.5 Å². The maximum Gasteiger partial charge on any atom is 0.234 e. The van der Waals surface area contributed by atoms with Crippen LogP contribution in [0.4, 0.5) is 17.3 Å². The average Bonchev–Trinajstić information content (AvgIpc) is 2.94. The highest BCUT2D eigenvalue weighted by molar-refractivity contribution is 7.76. The summed E-state index contributed by atoms with van der Waals surface area (Å²) in [6.45, 7) is 4.21. The summed E-state index contributed by atoms with van der Waals surface area (Å²) >= 11 is -1.96. The molecule has 1 unspecified atom stereocenters. The zero-order valence-electron chi connectivity index (χ0n) is 20.2. The van der Waals surface area contributed by atoms with Gasteiger partial charge in [-0.2, -0.15) is 5.26 Å². The van der Waals surface area contributed by atoms with Crippen LogP contribution in [0.15, 0.2) is 54.7 Å². The van der Waals surface area contributed by atoms with E-state index in [0.717, 1.165) is 43.2 Å². The van der Waals surface area contributed by atoms with Crippen molar-refractivity contribution in [2.75, 3.05) is 49.6 Å². The number of hydrogen-bond acceptors (Lipinski definition) is 8. The third-order valence-electron chi connectivity index (χ3n) is 6.47. The van der Waals surface area contributed by atoms with E-state index in [9.17, 15) is 14.0 Å². The van der Waals surface area contributed by atoms with Crippen LogP contribution in [-0.4, -0.2) is 68.5 Å². The van der Waals surface area contributed by atoms with E-state index >= 15 is 0 Å². The Morgan fingerprint density at radius 2 is 1.84 bits per heavy atom. The molecular formula is C26H28N6O4S. The number of nitrogens with zero attached hydrogens (tertiary/aromatic N) is 5. The second-order valence-electron chi connectivity index (χ2n) is 8.84. The summed E-state index contributed by atoms with van der Waals surface area (Å²) in [5.41, 5.74) is 3.92. The Balaban J connectivity index is 1.25. The Morgan fingerprint density at radius 3 is 2.54 bits per heavy atom. The molecule has 0 saturated carbocycles. The number of rotatable bonds is 7. The highest BCUT2D eigenvalue weighted by atomic mass is 32.2. The first-order valence-corrected chi connectivity index (χ1v) is 13.3. The van der Waals surface area contributed by atoms with Crippen LogP contribution in [-0.2, 0) is 16.0 Å².